The fourth-order valence-electron chi connectivity index (χ4n) is 3.30. The molecular weight excluding hydrogens is 264 g/mol. The van der Waals surface area contributed by atoms with Crippen molar-refractivity contribution in [2.45, 2.75) is 53.4 Å². The van der Waals surface area contributed by atoms with Crippen molar-refractivity contribution in [3.63, 3.8) is 0 Å². The number of likely N-dealkylation sites (N-methyl/N-ethyl adjacent to an activating group) is 1. The molecule has 0 N–H and O–H groups in total. The smallest absolute Gasteiger partial charge is 0.102 e. The minimum atomic E-state index is -0.125. The van der Waals surface area contributed by atoms with Crippen LogP contribution < -0.4 is 0 Å². The molecule has 1 aliphatic rings. The van der Waals surface area contributed by atoms with Crippen molar-refractivity contribution in [2.75, 3.05) is 59.5 Å². The first-order chi connectivity index (χ1) is 9.95. The van der Waals surface area contributed by atoms with E-state index in [4.69, 9.17) is 4.74 Å². The Morgan fingerprint density at radius 1 is 0.810 bits per heavy atom. The van der Waals surface area contributed by atoms with Crippen LogP contribution in [0.15, 0.2) is 0 Å². The minimum absolute atomic E-state index is 0.125. The molecule has 0 aromatic heterocycles. The van der Waals surface area contributed by atoms with Crippen molar-refractivity contribution in [2.24, 2.45) is 0 Å². The van der Waals surface area contributed by atoms with E-state index in [9.17, 15) is 5.21 Å². The number of nitrogens with zero attached hydrogens (tertiary/aromatic N) is 2. The van der Waals surface area contributed by atoms with Crippen molar-refractivity contribution in [1.29, 1.82) is 0 Å². The van der Waals surface area contributed by atoms with Gasteiger partial charge < -0.3 is 19.1 Å². The van der Waals surface area contributed by atoms with Gasteiger partial charge in [0.2, 0.25) is 0 Å². The molecule has 0 spiro atoms. The maximum absolute atomic E-state index is 11.0. The van der Waals surface area contributed by atoms with Gasteiger partial charge in [-0.1, -0.05) is 27.7 Å². The Morgan fingerprint density at radius 3 is 1.33 bits per heavy atom. The van der Waals surface area contributed by atoms with Crippen molar-refractivity contribution in [1.82, 2.24) is 0 Å². The lowest BCUT2D eigenvalue weighted by molar-refractivity contribution is -0.928. The van der Waals surface area contributed by atoms with Crippen LogP contribution in [0.4, 0.5) is 0 Å². The summed E-state index contributed by atoms with van der Waals surface area (Å²) in [5.41, 5.74) is 0. The molecule has 128 valence electrons. The molecule has 1 fully saturated rings. The largest absolute Gasteiger partial charge is 0.633 e. The van der Waals surface area contributed by atoms with Gasteiger partial charge in [-0.25, -0.2) is 0 Å². The summed E-state index contributed by atoms with van der Waals surface area (Å²) in [5.74, 6) is 0. The molecule has 0 aliphatic carbocycles. The van der Waals surface area contributed by atoms with E-state index in [1.807, 2.05) is 0 Å². The number of rotatable bonds is 8. The summed E-state index contributed by atoms with van der Waals surface area (Å²) in [4.78, 5) is 0. The van der Waals surface area contributed by atoms with Gasteiger partial charge in [0.1, 0.15) is 13.1 Å². The molecule has 1 rings (SSSR count). The number of hydrogen-bond donors (Lipinski definition) is 0. The lowest BCUT2D eigenvalue weighted by Crippen LogP contribution is -2.50. The number of morpholine rings is 1. The van der Waals surface area contributed by atoms with Gasteiger partial charge in [-0.3, -0.25) is 0 Å². The number of quaternary nitrogens is 2. The molecule has 0 saturated carbocycles. The van der Waals surface area contributed by atoms with Crippen molar-refractivity contribution in [3.8, 4) is 0 Å². The van der Waals surface area contributed by atoms with Gasteiger partial charge >= 0.3 is 0 Å². The highest BCUT2D eigenvalue weighted by molar-refractivity contribution is 4.45. The van der Waals surface area contributed by atoms with Gasteiger partial charge in [-0.05, 0) is 25.7 Å². The standard InChI is InChI=1S/C12H28N.C5H11NO2/c1-5-9-13(10-6-2,11-7-3)12-8-4;1-6(7)2-4-8-5-3-6/h5-12H2,1-4H3;2-5H2,1H3/q+1;. The van der Waals surface area contributed by atoms with Crippen molar-refractivity contribution >= 4 is 0 Å². The molecule has 0 atom stereocenters. The highest BCUT2D eigenvalue weighted by Gasteiger charge is 2.22. The average molecular weight is 304 g/mol. The topological polar surface area (TPSA) is 32.3 Å². The molecule has 1 heterocycles. The summed E-state index contributed by atoms with van der Waals surface area (Å²) < 4.78 is 6.24. The first-order valence-electron chi connectivity index (χ1n) is 8.93. The van der Waals surface area contributed by atoms with Gasteiger partial charge in [0, 0.05) is 0 Å². The first kappa shape index (κ1) is 20.8. The van der Waals surface area contributed by atoms with Crippen LogP contribution in [0.1, 0.15) is 53.4 Å². The molecular formula is C17H39N2O2+. The fourth-order valence-corrected chi connectivity index (χ4v) is 3.30. The Morgan fingerprint density at radius 2 is 1.14 bits per heavy atom. The van der Waals surface area contributed by atoms with Crippen LogP contribution >= 0.6 is 0 Å². The van der Waals surface area contributed by atoms with Crippen LogP contribution in [0.3, 0.4) is 0 Å². The van der Waals surface area contributed by atoms with Gasteiger partial charge in [0.05, 0.1) is 46.4 Å². The molecule has 0 aromatic carbocycles. The van der Waals surface area contributed by atoms with E-state index >= 15 is 0 Å². The normalized spacial score (nSPS) is 18.0. The maximum Gasteiger partial charge on any atom is 0.102 e. The zero-order chi connectivity index (χ0) is 16.2. The van der Waals surface area contributed by atoms with Crippen LogP contribution in [0.2, 0.25) is 0 Å². The summed E-state index contributed by atoms with van der Waals surface area (Å²) in [7, 11) is 1.68. The summed E-state index contributed by atoms with van der Waals surface area (Å²) in [6.07, 6.45) is 5.33. The Labute approximate surface area is 132 Å². The van der Waals surface area contributed by atoms with Gasteiger partial charge in [-0.15, -0.1) is 0 Å². The lowest BCUT2D eigenvalue weighted by Gasteiger charge is -2.41. The zero-order valence-corrected chi connectivity index (χ0v) is 15.2. The molecule has 0 bridgehead atoms. The fraction of sp³-hybridized carbons (Fsp3) is 1.00. The summed E-state index contributed by atoms with van der Waals surface area (Å²) in [5, 5.41) is 11.0. The average Bonchev–Trinajstić information content (AvgIpc) is 2.40. The van der Waals surface area contributed by atoms with Gasteiger partial charge in [0.15, 0.2) is 0 Å². The molecule has 0 radical (unpaired) electrons. The third-order valence-electron chi connectivity index (χ3n) is 4.21. The monoisotopic (exact) mass is 303 g/mol. The van der Waals surface area contributed by atoms with E-state index in [-0.39, 0.29) is 4.65 Å². The Bertz CT molecular complexity index is 207. The van der Waals surface area contributed by atoms with E-state index in [1.165, 1.54) is 56.3 Å². The Hall–Kier alpha value is -0.160. The van der Waals surface area contributed by atoms with Gasteiger partial charge in [0.25, 0.3) is 0 Å². The lowest BCUT2D eigenvalue weighted by atomic mass is 10.2. The summed E-state index contributed by atoms with van der Waals surface area (Å²) in [6, 6.07) is 0. The zero-order valence-electron chi connectivity index (χ0n) is 15.2. The van der Waals surface area contributed by atoms with Crippen LogP contribution in [-0.2, 0) is 4.74 Å². The summed E-state index contributed by atoms with van der Waals surface area (Å²) >= 11 is 0. The molecule has 21 heavy (non-hydrogen) atoms. The highest BCUT2D eigenvalue weighted by atomic mass is 16.6. The van der Waals surface area contributed by atoms with E-state index in [1.54, 1.807) is 7.05 Å². The molecule has 1 saturated heterocycles. The van der Waals surface area contributed by atoms with Crippen LogP contribution in [0.25, 0.3) is 0 Å². The second-order valence-corrected chi connectivity index (χ2v) is 6.59. The molecule has 0 amide bonds. The molecule has 0 unspecified atom stereocenters. The van der Waals surface area contributed by atoms with Crippen LogP contribution in [0, 0.1) is 5.21 Å². The molecule has 0 aromatic rings. The highest BCUT2D eigenvalue weighted by Crippen LogP contribution is 2.12. The third kappa shape index (κ3) is 9.46. The minimum Gasteiger partial charge on any atom is -0.633 e. The first-order valence-corrected chi connectivity index (χ1v) is 8.93. The predicted octanol–water partition coefficient (Wildman–Crippen LogP) is 3.40. The summed E-state index contributed by atoms with van der Waals surface area (Å²) in [6.45, 7) is 17.3. The predicted molar refractivity (Wildman–Crippen MR) is 91.0 cm³/mol. The molecule has 4 nitrogen and oxygen atoms in total. The van der Waals surface area contributed by atoms with E-state index in [0.717, 1.165) is 0 Å². The quantitative estimate of drug-likeness (QED) is 0.508. The Kier molecular flexibility index (Phi) is 11.3. The second-order valence-electron chi connectivity index (χ2n) is 6.59. The maximum atomic E-state index is 11.0. The van der Waals surface area contributed by atoms with Gasteiger partial charge in [-0.2, -0.15) is 0 Å². The van der Waals surface area contributed by atoms with Crippen molar-refractivity contribution < 1.29 is 13.9 Å². The molecule has 4 heteroatoms. The van der Waals surface area contributed by atoms with E-state index < -0.39 is 0 Å². The Balaban J connectivity index is 0.000000423. The number of hydrogen-bond acceptors (Lipinski definition) is 2. The van der Waals surface area contributed by atoms with Crippen molar-refractivity contribution in [3.05, 3.63) is 5.21 Å². The SMILES string of the molecule is CCC[N+](CCC)(CCC)CCC.C[N+]1([O-])CCOCC1. The van der Waals surface area contributed by atoms with E-state index in [2.05, 4.69) is 27.7 Å². The molecule has 1 aliphatic heterocycles. The van der Waals surface area contributed by atoms with E-state index in [0.29, 0.717) is 26.3 Å². The van der Waals surface area contributed by atoms with Crippen LogP contribution in [-0.4, -0.2) is 68.7 Å². The number of ether oxygens (including phenoxy) is 1. The second kappa shape index (κ2) is 11.4. The number of hydroxylamine groups is 3. The third-order valence-corrected chi connectivity index (χ3v) is 4.21. The van der Waals surface area contributed by atoms with Crippen LogP contribution in [0.5, 0.6) is 0 Å².